The molecule has 4 unspecified atom stereocenters. The third-order valence-corrected chi connectivity index (χ3v) is 4.95. The summed E-state index contributed by atoms with van der Waals surface area (Å²) >= 11 is 0. The molecule has 3 amide bonds. The molecule has 6 N–H and O–H groups in total. The molecule has 1 rings (SSSR count). The van der Waals surface area contributed by atoms with E-state index in [0.29, 0.717) is 6.42 Å². The molecule has 0 fully saturated rings. The number of nitrogens with two attached hydrogens (primary N) is 1. The lowest BCUT2D eigenvalue weighted by Gasteiger charge is -2.27. The highest BCUT2D eigenvalue weighted by atomic mass is 16.4. The van der Waals surface area contributed by atoms with Crippen molar-refractivity contribution in [3.05, 3.63) is 35.9 Å². The number of rotatable bonds is 12. The average Bonchev–Trinajstić information content (AvgIpc) is 2.70. The van der Waals surface area contributed by atoms with Crippen LogP contribution in [0.4, 0.5) is 0 Å². The number of hydrogen-bond donors (Lipinski definition) is 5. The molecule has 0 saturated carbocycles. The highest BCUT2D eigenvalue weighted by molar-refractivity contribution is 5.94. The summed E-state index contributed by atoms with van der Waals surface area (Å²) in [7, 11) is 0. The van der Waals surface area contributed by atoms with Gasteiger partial charge in [0.15, 0.2) is 0 Å². The Kier molecular flexibility index (Phi) is 10.8. The van der Waals surface area contributed by atoms with Gasteiger partial charge in [-0.05, 0) is 30.7 Å². The molecule has 0 aromatic heterocycles. The molecule has 0 spiro atoms. The number of carboxylic acids is 1. The summed E-state index contributed by atoms with van der Waals surface area (Å²) in [6.45, 7) is 8.71. The van der Waals surface area contributed by atoms with Crippen LogP contribution in [-0.4, -0.2) is 53.0 Å². The second-order valence-electron chi connectivity index (χ2n) is 8.79. The topological polar surface area (TPSA) is 151 Å². The Morgan fingerprint density at radius 1 is 0.875 bits per heavy atom. The van der Waals surface area contributed by atoms with Gasteiger partial charge in [-0.2, -0.15) is 0 Å². The molecule has 32 heavy (non-hydrogen) atoms. The third-order valence-electron chi connectivity index (χ3n) is 4.95. The number of aliphatic carboxylic acids is 1. The molecule has 0 aliphatic carbocycles. The number of benzene rings is 1. The molecule has 178 valence electrons. The molecule has 1 aromatic carbocycles. The molecule has 4 atom stereocenters. The van der Waals surface area contributed by atoms with Crippen LogP contribution >= 0.6 is 0 Å². The Balaban J connectivity index is 3.02. The Morgan fingerprint density at radius 2 is 1.47 bits per heavy atom. The van der Waals surface area contributed by atoms with Crippen LogP contribution in [0.2, 0.25) is 0 Å². The highest BCUT2D eigenvalue weighted by Crippen LogP contribution is 2.09. The Bertz CT molecular complexity index is 782. The lowest BCUT2D eigenvalue weighted by molar-refractivity contribution is -0.142. The summed E-state index contributed by atoms with van der Waals surface area (Å²) in [5, 5.41) is 16.8. The SMILES string of the molecule is CC(C)CC(N)C(=O)NC(Cc1ccccc1)C(=O)NC(C(=O)NC(C)C(=O)O)C(C)C. The standard InChI is InChI=1S/C23H36N4O5/c1-13(2)11-17(24)20(28)26-18(12-16-9-7-6-8-10-16)21(29)27-19(14(3)4)22(30)25-15(5)23(31)32/h6-10,13-15,17-19H,11-12,24H2,1-5H3,(H,25,30)(H,26,28)(H,27,29)(H,31,32). The van der Waals surface area contributed by atoms with Crippen molar-refractivity contribution in [3.8, 4) is 0 Å². The summed E-state index contributed by atoms with van der Waals surface area (Å²) in [6.07, 6.45) is 0.681. The van der Waals surface area contributed by atoms with Crippen LogP contribution in [0.15, 0.2) is 30.3 Å². The second-order valence-corrected chi connectivity index (χ2v) is 8.79. The number of carbonyl (C=O) groups excluding carboxylic acids is 3. The van der Waals surface area contributed by atoms with E-state index in [1.165, 1.54) is 6.92 Å². The summed E-state index contributed by atoms with van der Waals surface area (Å²) < 4.78 is 0. The first kappa shape index (κ1) is 27.1. The van der Waals surface area contributed by atoms with Crippen molar-refractivity contribution in [1.29, 1.82) is 0 Å². The van der Waals surface area contributed by atoms with E-state index in [2.05, 4.69) is 16.0 Å². The quantitative estimate of drug-likeness (QED) is 0.319. The first-order valence-electron chi connectivity index (χ1n) is 10.9. The van der Waals surface area contributed by atoms with Gasteiger partial charge >= 0.3 is 5.97 Å². The zero-order valence-electron chi connectivity index (χ0n) is 19.4. The maximum Gasteiger partial charge on any atom is 0.325 e. The normalized spacial score (nSPS) is 14.9. The van der Waals surface area contributed by atoms with Crippen LogP contribution in [0.5, 0.6) is 0 Å². The predicted octanol–water partition coefficient (Wildman–Crippen LogP) is 0.817. The van der Waals surface area contributed by atoms with Gasteiger partial charge in [0.1, 0.15) is 18.1 Å². The van der Waals surface area contributed by atoms with E-state index in [9.17, 15) is 19.2 Å². The van der Waals surface area contributed by atoms with Crippen LogP contribution in [0.1, 0.15) is 46.6 Å². The first-order valence-corrected chi connectivity index (χ1v) is 10.9. The number of nitrogens with one attached hydrogen (secondary N) is 3. The van der Waals surface area contributed by atoms with E-state index in [-0.39, 0.29) is 18.3 Å². The largest absolute Gasteiger partial charge is 0.480 e. The van der Waals surface area contributed by atoms with E-state index in [4.69, 9.17) is 10.8 Å². The van der Waals surface area contributed by atoms with Gasteiger partial charge in [0, 0.05) is 6.42 Å². The van der Waals surface area contributed by atoms with Crippen molar-refractivity contribution in [1.82, 2.24) is 16.0 Å². The molecule has 9 nitrogen and oxygen atoms in total. The maximum atomic E-state index is 13.1. The Morgan fingerprint density at radius 3 is 1.97 bits per heavy atom. The molecule has 0 heterocycles. The highest BCUT2D eigenvalue weighted by Gasteiger charge is 2.31. The van der Waals surface area contributed by atoms with Gasteiger partial charge in [-0.25, -0.2) is 0 Å². The van der Waals surface area contributed by atoms with Gasteiger partial charge in [0.25, 0.3) is 0 Å². The van der Waals surface area contributed by atoms with Crippen molar-refractivity contribution in [2.24, 2.45) is 17.6 Å². The summed E-state index contributed by atoms with van der Waals surface area (Å²) in [5.41, 5.74) is 6.81. The molecule has 0 aliphatic rings. The number of amides is 3. The summed E-state index contributed by atoms with van der Waals surface area (Å²) in [5.74, 6) is -2.88. The molecule has 0 radical (unpaired) electrons. The fourth-order valence-electron chi connectivity index (χ4n) is 3.11. The number of hydrogen-bond acceptors (Lipinski definition) is 5. The summed E-state index contributed by atoms with van der Waals surface area (Å²) in [4.78, 5) is 49.3. The molecule has 0 bridgehead atoms. The second kappa shape index (κ2) is 12.8. The van der Waals surface area contributed by atoms with Crippen LogP contribution in [0.3, 0.4) is 0 Å². The van der Waals surface area contributed by atoms with Gasteiger partial charge in [0.05, 0.1) is 6.04 Å². The van der Waals surface area contributed by atoms with E-state index < -0.39 is 47.9 Å². The van der Waals surface area contributed by atoms with E-state index >= 15 is 0 Å². The zero-order chi connectivity index (χ0) is 24.4. The fraction of sp³-hybridized carbons (Fsp3) is 0.565. The Hall–Kier alpha value is -2.94. The van der Waals surface area contributed by atoms with Gasteiger partial charge in [-0.15, -0.1) is 0 Å². The molecule has 1 aromatic rings. The lowest BCUT2D eigenvalue weighted by atomic mass is 9.99. The molecular formula is C23H36N4O5. The number of carboxylic acid groups (broad SMARTS) is 1. The fourth-order valence-corrected chi connectivity index (χ4v) is 3.11. The van der Waals surface area contributed by atoms with Crippen molar-refractivity contribution >= 4 is 23.7 Å². The van der Waals surface area contributed by atoms with Crippen molar-refractivity contribution in [2.75, 3.05) is 0 Å². The van der Waals surface area contributed by atoms with Gasteiger partial charge in [-0.1, -0.05) is 58.0 Å². The van der Waals surface area contributed by atoms with Crippen molar-refractivity contribution in [2.45, 2.75) is 71.6 Å². The summed E-state index contributed by atoms with van der Waals surface area (Å²) in [6, 6.07) is 5.39. The maximum absolute atomic E-state index is 13.1. The smallest absolute Gasteiger partial charge is 0.325 e. The first-order chi connectivity index (χ1) is 14.9. The van der Waals surface area contributed by atoms with E-state index in [1.54, 1.807) is 13.8 Å². The zero-order valence-corrected chi connectivity index (χ0v) is 19.4. The van der Waals surface area contributed by atoms with E-state index in [1.807, 2.05) is 44.2 Å². The van der Waals surface area contributed by atoms with Crippen LogP contribution in [0.25, 0.3) is 0 Å². The van der Waals surface area contributed by atoms with Crippen molar-refractivity contribution in [3.63, 3.8) is 0 Å². The average molecular weight is 449 g/mol. The van der Waals surface area contributed by atoms with Crippen LogP contribution < -0.4 is 21.7 Å². The molecule has 9 heteroatoms. The molecule has 0 saturated heterocycles. The minimum absolute atomic E-state index is 0.211. The van der Waals surface area contributed by atoms with Crippen molar-refractivity contribution < 1.29 is 24.3 Å². The number of carbonyl (C=O) groups is 4. The van der Waals surface area contributed by atoms with Gasteiger partial charge in [-0.3, -0.25) is 19.2 Å². The molecular weight excluding hydrogens is 412 g/mol. The monoisotopic (exact) mass is 448 g/mol. The molecule has 0 aliphatic heterocycles. The lowest BCUT2D eigenvalue weighted by Crippen LogP contribution is -2.58. The van der Waals surface area contributed by atoms with Gasteiger partial charge < -0.3 is 26.8 Å². The van der Waals surface area contributed by atoms with E-state index in [0.717, 1.165) is 5.56 Å². The Labute approximate surface area is 189 Å². The van der Waals surface area contributed by atoms with Crippen LogP contribution in [0, 0.1) is 11.8 Å². The van der Waals surface area contributed by atoms with Crippen LogP contribution in [-0.2, 0) is 25.6 Å². The van der Waals surface area contributed by atoms with Gasteiger partial charge in [0.2, 0.25) is 17.7 Å². The minimum atomic E-state index is -1.18. The minimum Gasteiger partial charge on any atom is -0.480 e. The third kappa shape index (κ3) is 9.05. The predicted molar refractivity (Wildman–Crippen MR) is 122 cm³/mol.